The van der Waals surface area contributed by atoms with Crippen LogP contribution in [0.1, 0.15) is 11.1 Å². The molecule has 0 saturated carbocycles. The van der Waals surface area contributed by atoms with E-state index in [1.54, 1.807) is 32.4 Å². The highest BCUT2D eigenvalue weighted by atomic mass is 16.5. The molecule has 1 heterocycles. The maximum absolute atomic E-state index is 12.6. The zero-order valence-corrected chi connectivity index (χ0v) is 17.8. The number of rotatable bonds is 7. The summed E-state index contributed by atoms with van der Waals surface area (Å²) in [5.74, 6) is 1.23. The average Bonchev–Trinajstić information content (AvgIpc) is 2.75. The van der Waals surface area contributed by atoms with E-state index in [0.29, 0.717) is 49.8 Å². The Hall–Kier alpha value is -3.06. The number of piperazine rings is 1. The lowest BCUT2D eigenvalue weighted by molar-refractivity contribution is -0.132. The highest BCUT2D eigenvalue weighted by molar-refractivity contribution is 5.94. The van der Waals surface area contributed by atoms with Crippen molar-refractivity contribution >= 4 is 17.5 Å². The van der Waals surface area contributed by atoms with Gasteiger partial charge in [0.25, 0.3) is 0 Å². The highest BCUT2D eigenvalue weighted by Gasteiger charge is 2.23. The molecule has 7 heteroatoms. The topological polar surface area (TPSA) is 71.1 Å². The van der Waals surface area contributed by atoms with Crippen LogP contribution in [0.25, 0.3) is 0 Å². The lowest BCUT2D eigenvalue weighted by Gasteiger charge is -2.34. The van der Waals surface area contributed by atoms with Crippen molar-refractivity contribution in [3.63, 3.8) is 0 Å². The quantitative estimate of drug-likeness (QED) is 0.757. The van der Waals surface area contributed by atoms with Crippen LogP contribution in [-0.2, 0) is 16.0 Å². The van der Waals surface area contributed by atoms with Crippen molar-refractivity contribution in [1.29, 1.82) is 0 Å². The Morgan fingerprint density at radius 2 is 1.67 bits per heavy atom. The van der Waals surface area contributed by atoms with Gasteiger partial charge in [-0.2, -0.15) is 0 Å². The molecule has 0 unspecified atom stereocenters. The Bertz CT molecular complexity index is 875. The molecule has 1 aliphatic heterocycles. The van der Waals surface area contributed by atoms with Crippen LogP contribution in [0.5, 0.6) is 11.5 Å². The molecular formula is C23H29N3O4. The van der Waals surface area contributed by atoms with Gasteiger partial charge in [0.1, 0.15) is 11.5 Å². The van der Waals surface area contributed by atoms with E-state index in [4.69, 9.17) is 9.47 Å². The van der Waals surface area contributed by atoms with Gasteiger partial charge in [0.05, 0.1) is 32.9 Å². The Balaban J connectivity index is 1.48. The number of hydrogen-bond acceptors (Lipinski definition) is 5. The molecule has 1 N–H and O–H groups in total. The van der Waals surface area contributed by atoms with Crippen LogP contribution >= 0.6 is 0 Å². The molecule has 0 spiro atoms. The van der Waals surface area contributed by atoms with Gasteiger partial charge in [-0.3, -0.25) is 14.5 Å². The molecule has 1 saturated heterocycles. The Morgan fingerprint density at radius 3 is 2.30 bits per heavy atom. The van der Waals surface area contributed by atoms with E-state index in [9.17, 15) is 9.59 Å². The molecule has 30 heavy (non-hydrogen) atoms. The predicted octanol–water partition coefficient (Wildman–Crippen LogP) is 2.34. The summed E-state index contributed by atoms with van der Waals surface area (Å²) in [6, 6.07) is 13.3. The van der Waals surface area contributed by atoms with Crippen LogP contribution in [0.4, 0.5) is 5.69 Å². The monoisotopic (exact) mass is 411 g/mol. The van der Waals surface area contributed by atoms with Crippen LogP contribution < -0.4 is 14.8 Å². The van der Waals surface area contributed by atoms with Crippen molar-refractivity contribution in [3.05, 3.63) is 53.6 Å². The summed E-state index contributed by atoms with van der Waals surface area (Å²) >= 11 is 0. The molecule has 1 aliphatic rings. The predicted molar refractivity (Wildman–Crippen MR) is 116 cm³/mol. The van der Waals surface area contributed by atoms with Crippen molar-refractivity contribution in [2.45, 2.75) is 13.3 Å². The molecule has 3 rings (SSSR count). The van der Waals surface area contributed by atoms with Gasteiger partial charge in [0.2, 0.25) is 11.8 Å². The van der Waals surface area contributed by atoms with Gasteiger partial charge in [-0.05, 0) is 24.6 Å². The number of ether oxygens (including phenoxy) is 2. The van der Waals surface area contributed by atoms with E-state index in [1.165, 1.54) is 5.56 Å². The van der Waals surface area contributed by atoms with Gasteiger partial charge in [0.15, 0.2) is 0 Å². The summed E-state index contributed by atoms with van der Waals surface area (Å²) in [6.45, 7) is 4.89. The molecule has 0 bridgehead atoms. The fourth-order valence-corrected chi connectivity index (χ4v) is 3.45. The number of aryl methyl sites for hydroxylation is 1. The maximum atomic E-state index is 12.6. The van der Waals surface area contributed by atoms with E-state index in [0.717, 1.165) is 5.56 Å². The number of anilines is 1. The molecular weight excluding hydrogens is 382 g/mol. The van der Waals surface area contributed by atoms with Crippen LogP contribution in [0.3, 0.4) is 0 Å². The fourth-order valence-electron chi connectivity index (χ4n) is 3.45. The SMILES string of the molecule is COc1ccc(OC)c(NC(=O)CN2CCN(C(=O)Cc3ccc(C)cc3)CC2)c1. The van der Waals surface area contributed by atoms with Gasteiger partial charge in [-0.25, -0.2) is 0 Å². The van der Waals surface area contributed by atoms with E-state index in [2.05, 4.69) is 10.2 Å². The van der Waals surface area contributed by atoms with E-state index in [-0.39, 0.29) is 18.4 Å². The number of nitrogens with one attached hydrogen (secondary N) is 1. The molecule has 2 aromatic carbocycles. The summed E-state index contributed by atoms with van der Waals surface area (Å²) in [7, 11) is 3.14. The maximum Gasteiger partial charge on any atom is 0.238 e. The molecule has 7 nitrogen and oxygen atoms in total. The summed E-state index contributed by atoms with van der Waals surface area (Å²) < 4.78 is 10.5. The van der Waals surface area contributed by atoms with Gasteiger partial charge < -0.3 is 19.7 Å². The molecule has 2 amide bonds. The van der Waals surface area contributed by atoms with Crippen molar-refractivity contribution in [2.75, 3.05) is 52.3 Å². The number of hydrogen-bond donors (Lipinski definition) is 1. The van der Waals surface area contributed by atoms with Crippen molar-refractivity contribution in [1.82, 2.24) is 9.80 Å². The molecule has 1 fully saturated rings. The second kappa shape index (κ2) is 10.1. The standard InChI is InChI=1S/C23H29N3O4/c1-17-4-6-18(7-5-17)14-23(28)26-12-10-25(11-13-26)16-22(27)24-20-15-19(29-2)8-9-21(20)30-3/h4-9,15H,10-14,16H2,1-3H3,(H,24,27). The van der Waals surface area contributed by atoms with Gasteiger partial charge in [-0.1, -0.05) is 29.8 Å². The zero-order chi connectivity index (χ0) is 21.5. The molecule has 0 aliphatic carbocycles. The third-order valence-corrected chi connectivity index (χ3v) is 5.25. The van der Waals surface area contributed by atoms with Gasteiger partial charge >= 0.3 is 0 Å². The van der Waals surface area contributed by atoms with Crippen molar-refractivity contribution in [3.8, 4) is 11.5 Å². The first-order valence-corrected chi connectivity index (χ1v) is 10.1. The second-order valence-electron chi connectivity index (χ2n) is 7.43. The molecule has 0 aromatic heterocycles. The molecule has 0 radical (unpaired) electrons. The summed E-state index contributed by atoms with van der Waals surface area (Å²) in [5, 5.41) is 2.89. The minimum absolute atomic E-state index is 0.124. The van der Waals surface area contributed by atoms with Crippen LogP contribution in [0.2, 0.25) is 0 Å². The van der Waals surface area contributed by atoms with E-state index < -0.39 is 0 Å². The number of benzene rings is 2. The smallest absolute Gasteiger partial charge is 0.238 e. The first-order chi connectivity index (χ1) is 14.5. The lowest BCUT2D eigenvalue weighted by Crippen LogP contribution is -2.50. The summed E-state index contributed by atoms with van der Waals surface area (Å²) in [4.78, 5) is 29.0. The van der Waals surface area contributed by atoms with Gasteiger partial charge in [-0.15, -0.1) is 0 Å². The lowest BCUT2D eigenvalue weighted by atomic mass is 10.1. The molecule has 160 valence electrons. The number of carbonyl (C=O) groups excluding carboxylic acids is 2. The summed E-state index contributed by atoms with van der Waals surface area (Å²) in [5.41, 5.74) is 2.79. The molecule has 0 atom stereocenters. The number of amides is 2. The van der Waals surface area contributed by atoms with Gasteiger partial charge in [0, 0.05) is 32.2 Å². The largest absolute Gasteiger partial charge is 0.497 e. The van der Waals surface area contributed by atoms with E-state index in [1.807, 2.05) is 36.1 Å². The number of carbonyl (C=O) groups is 2. The minimum atomic E-state index is -0.124. The van der Waals surface area contributed by atoms with Crippen LogP contribution in [0.15, 0.2) is 42.5 Å². The summed E-state index contributed by atoms with van der Waals surface area (Å²) in [6.07, 6.45) is 0.413. The van der Waals surface area contributed by atoms with Crippen LogP contribution in [0, 0.1) is 6.92 Å². The highest BCUT2D eigenvalue weighted by Crippen LogP contribution is 2.28. The normalized spacial score (nSPS) is 14.3. The first-order valence-electron chi connectivity index (χ1n) is 10.1. The fraction of sp³-hybridized carbons (Fsp3) is 0.391. The van der Waals surface area contributed by atoms with Crippen LogP contribution in [-0.4, -0.2) is 68.6 Å². The second-order valence-corrected chi connectivity index (χ2v) is 7.43. The van der Waals surface area contributed by atoms with Crippen molar-refractivity contribution < 1.29 is 19.1 Å². The first kappa shape index (κ1) is 21.6. The minimum Gasteiger partial charge on any atom is -0.497 e. The Morgan fingerprint density at radius 1 is 0.967 bits per heavy atom. The third-order valence-electron chi connectivity index (χ3n) is 5.25. The molecule has 2 aromatic rings. The third kappa shape index (κ3) is 5.73. The number of nitrogens with zero attached hydrogens (tertiary/aromatic N) is 2. The number of methoxy groups -OCH3 is 2. The zero-order valence-electron chi connectivity index (χ0n) is 17.8. The Kier molecular flexibility index (Phi) is 7.30. The van der Waals surface area contributed by atoms with E-state index >= 15 is 0 Å². The van der Waals surface area contributed by atoms with Crippen molar-refractivity contribution in [2.24, 2.45) is 0 Å². The average molecular weight is 412 g/mol. The Labute approximate surface area is 177 Å².